The van der Waals surface area contributed by atoms with Gasteiger partial charge in [-0.25, -0.2) is 0 Å². The molecule has 0 N–H and O–H groups in total. The number of rotatable bonds is 5. The quantitative estimate of drug-likeness (QED) is 0.147. The van der Waals surface area contributed by atoms with Gasteiger partial charge < -0.3 is 0 Å². The first-order chi connectivity index (χ1) is 17.5. The second-order valence-electron chi connectivity index (χ2n) is 9.83. The second-order valence-corrected chi connectivity index (χ2v) is 17.2. The van der Waals surface area contributed by atoms with Crippen LogP contribution in [-0.4, -0.2) is 20.9 Å². The van der Waals surface area contributed by atoms with E-state index in [4.69, 9.17) is 12.2 Å². The number of hydrogen-bond donors (Lipinski definition) is 0. The van der Waals surface area contributed by atoms with Crippen LogP contribution in [0.4, 0.5) is 0 Å². The van der Waals surface area contributed by atoms with Crippen molar-refractivity contribution in [2.75, 3.05) is 0 Å². The SMILES string of the molecule is Cc1cc(C)c([Te]c2ccc3c4c(ccc([P+]([S-])(c5ccccc5)c5ccccc5)c24)CC3)c(C)c1. The van der Waals surface area contributed by atoms with Crippen molar-refractivity contribution < 1.29 is 0 Å². The van der Waals surface area contributed by atoms with Gasteiger partial charge in [0.2, 0.25) is 0 Å². The maximum atomic E-state index is 6.85. The third kappa shape index (κ3) is 4.04. The molecule has 1 aliphatic carbocycles. The van der Waals surface area contributed by atoms with Crippen molar-refractivity contribution in [1.82, 2.24) is 0 Å². The number of aryl methyl sites for hydroxylation is 5. The predicted molar refractivity (Wildman–Crippen MR) is 163 cm³/mol. The summed E-state index contributed by atoms with van der Waals surface area (Å²) >= 11 is 6.26. The first-order valence-electron chi connectivity index (χ1n) is 12.5. The Morgan fingerprint density at radius 2 is 1.17 bits per heavy atom. The Morgan fingerprint density at radius 3 is 1.72 bits per heavy atom. The van der Waals surface area contributed by atoms with Crippen molar-refractivity contribution in [2.24, 2.45) is 0 Å². The summed E-state index contributed by atoms with van der Waals surface area (Å²) in [6.07, 6.45) is 2.27. The molecule has 0 aliphatic heterocycles. The normalized spacial score (nSPS) is 12.9. The van der Waals surface area contributed by atoms with Gasteiger partial charge in [0.1, 0.15) is 0 Å². The molecule has 0 bridgehead atoms. The summed E-state index contributed by atoms with van der Waals surface area (Å²) in [6.45, 7) is 4.54. The molecule has 0 radical (unpaired) electrons. The van der Waals surface area contributed by atoms with E-state index in [1.54, 1.807) is 3.61 Å². The molecule has 0 nitrogen and oxygen atoms in total. The molecule has 0 saturated heterocycles. The van der Waals surface area contributed by atoms with E-state index in [0.717, 1.165) is 12.8 Å². The van der Waals surface area contributed by atoms with Crippen LogP contribution in [-0.2, 0) is 25.1 Å². The van der Waals surface area contributed by atoms with Crippen LogP contribution in [0, 0.1) is 20.8 Å². The minimum absolute atomic E-state index is 0.597. The fourth-order valence-electron chi connectivity index (χ4n) is 5.77. The Kier molecular flexibility index (Phi) is 6.52. The molecular formula is C33H29PSTe. The first-order valence-corrected chi connectivity index (χ1v) is 17.6. The van der Waals surface area contributed by atoms with Gasteiger partial charge in [-0.2, -0.15) is 0 Å². The van der Waals surface area contributed by atoms with Crippen molar-refractivity contribution >= 4 is 73.5 Å². The van der Waals surface area contributed by atoms with Crippen molar-refractivity contribution in [3.8, 4) is 0 Å². The van der Waals surface area contributed by atoms with Crippen LogP contribution in [0.1, 0.15) is 27.8 Å². The average Bonchev–Trinajstić information content (AvgIpc) is 3.32. The zero-order chi connectivity index (χ0) is 24.9. The van der Waals surface area contributed by atoms with E-state index in [1.807, 2.05) is 0 Å². The molecule has 5 aromatic rings. The van der Waals surface area contributed by atoms with Gasteiger partial charge in [-0.3, -0.25) is 0 Å². The van der Waals surface area contributed by atoms with Crippen LogP contribution in [0.2, 0.25) is 0 Å². The number of benzene rings is 5. The van der Waals surface area contributed by atoms with Crippen LogP contribution in [0.25, 0.3) is 10.8 Å². The van der Waals surface area contributed by atoms with Gasteiger partial charge in [0.15, 0.2) is 0 Å². The summed E-state index contributed by atoms with van der Waals surface area (Å²) in [4.78, 5) is 0. The molecule has 0 atom stereocenters. The van der Waals surface area contributed by atoms with Gasteiger partial charge >= 0.3 is 232 Å². The monoisotopic (exact) mass is 618 g/mol. The van der Waals surface area contributed by atoms with E-state index >= 15 is 0 Å². The zero-order valence-electron chi connectivity index (χ0n) is 20.9. The van der Waals surface area contributed by atoms with E-state index in [-0.39, 0.29) is 0 Å². The Balaban J connectivity index is 1.67. The van der Waals surface area contributed by atoms with E-state index in [2.05, 4.69) is 118 Å². The molecular weight excluding hydrogens is 587 g/mol. The van der Waals surface area contributed by atoms with Gasteiger partial charge in [0.25, 0.3) is 0 Å². The molecule has 1 aliphatic rings. The fourth-order valence-corrected chi connectivity index (χ4v) is 13.2. The first kappa shape index (κ1) is 24.3. The molecule has 0 unspecified atom stereocenters. The molecule has 0 fully saturated rings. The van der Waals surface area contributed by atoms with Crippen LogP contribution >= 0.6 is 6.46 Å². The topological polar surface area (TPSA) is 0 Å². The maximum absolute atomic E-state index is 6.85. The van der Waals surface area contributed by atoms with Crippen molar-refractivity contribution in [2.45, 2.75) is 33.6 Å². The molecule has 0 heterocycles. The molecule has 0 saturated carbocycles. The van der Waals surface area contributed by atoms with E-state index in [0.29, 0.717) is 0 Å². The summed E-state index contributed by atoms with van der Waals surface area (Å²) in [6, 6.07) is 36.1. The third-order valence-electron chi connectivity index (χ3n) is 7.33. The summed E-state index contributed by atoms with van der Waals surface area (Å²) in [7, 11) is 0. The van der Waals surface area contributed by atoms with Crippen LogP contribution < -0.4 is 23.1 Å². The van der Waals surface area contributed by atoms with Crippen LogP contribution in [0.5, 0.6) is 0 Å². The van der Waals surface area contributed by atoms with Crippen LogP contribution in [0.3, 0.4) is 0 Å². The molecule has 5 aromatic carbocycles. The summed E-state index contributed by atoms with van der Waals surface area (Å²) < 4.78 is 3.11. The number of hydrogen-bond acceptors (Lipinski definition) is 1. The predicted octanol–water partition coefficient (Wildman–Crippen LogP) is 5.27. The molecule has 0 aromatic heterocycles. The van der Waals surface area contributed by atoms with Crippen molar-refractivity contribution in [1.29, 1.82) is 0 Å². The standard InChI is InChI=1S/C33H29PSTe/c1-22-20-23(2)33(24(3)21-22)36-30-19-17-26-15-14-25-16-18-29(32(30)31(25)26)34(35,27-10-6-4-7-11-27)28-12-8-5-9-13-28/h4-13,16-21H,14-15H2,1-3H3. The zero-order valence-corrected chi connectivity index (χ0v) is 25.0. The Bertz CT molecular complexity index is 1520. The van der Waals surface area contributed by atoms with Crippen molar-refractivity contribution in [3.05, 3.63) is 125 Å². The van der Waals surface area contributed by atoms with E-state index in [9.17, 15) is 0 Å². The molecule has 0 amide bonds. The van der Waals surface area contributed by atoms with E-state index < -0.39 is 27.4 Å². The summed E-state index contributed by atoms with van der Waals surface area (Å²) in [5, 5.41) is 6.90. The Hall–Kier alpha value is -2.07. The third-order valence-corrected chi connectivity index (χ3v) is 16.3. The Morgan fingerprint density at radius 1 is 0.639 bits per heavy atom. The minimum atomic E-state index is -2.24. The Labute approximate surface area is 230 Å². The van der Waals surface area contributed by atoms with Gasteiger partial charge in [-0.1, -0.05) is 0 Å². The van der Waals surface area contributed by atoms with Gasteiger partial charge in [-0.15, -0.1) is 0 Å². The molecule has 0 spiro atoms. The molecule has 3 heteroatoms. The molecule has 178 valence electrons. The molecule has 6 rings (SSSR count). The van der Waals surface area contributed by atoms with Gasteiger partial charge in [-0.05, 0) is 0 Å². The van der Waals surface area contributed by atoms with Gasteiger partial charge in [0.05, 0.1) is 0 Å². The summed E-state index contributed by atoms with van der Waals surface area (Å²) in [5.41, 5.74) is 7.22. The molecule has 36 heavy (non-hydrogen) atoms. The van der Waals surface area contributed by atoms with Crippen molar-refractivity contribution in [3.63, 3.8) is 0 Å². The fraction of sp³-hybridized carbons (Fsp3) is 0.152. The van der Waals surface area contributed by atoms with E-state index in [1.165, 1.54) is 58.1 Å². The van der Waals surface area contributed by atoms with Crippen LogP contribution in [0.15, 0.2) is 97.1 Å². The summed E-state index contributed by atoms with van der Waals surface area (Å²) in [5.74, 6) is 0. The van der Waals surface area contributed by atoms with Gasteiger partial charge in [0, 0.05) is 0 Å². The second kappa shape index (κ2) is 9.67. The average molecular weight is 616 g/mol.